The van der Waals surface area contributed by atoms with Crippen LogP contribution in [0.15, 0.2) is 53.3 Å². The Morgan fingerprint density at radius 1 is 1.15 bits per heavy atom. The number of aliphatic hydroxyl groups is 3. The zero-order valence-electron chi connectivity index (χ0n) is 22.0. The Morgan fingerprint density at radius 3 is 2.50 bits per heavy atom. The summed E-state index contributed by atoms with van der Waals surface area (Å²) in [6.07, 6.45) is 0.206. The van der Waals surface area contributed by atoms with E-state index in [1.54, 1.807) is 0 Å². The topological polar surface area (TPSA) is 161 Å². The van der Waals surface area contributed by atoms with E-state index in [4.69, 9.17) is 5.73 Å². The van der Waals surface area contributed by atoms with Crippen LogP contribution in [0, 0.1) is 17.7 Å². The van der Waals surface area contributed by atoms with E-state index in [0.717, 1.165) is 12.0 Å². The minimum absolute atomic E-state index is 0.0401. The van der Waals surface area contributed by atoms with Crippen molar-refractivity contribution in [2.45, 2.75) is 44.8 Å². The molecule has 5 rings (SSSR count). The molecule has 210 valence electrons. The second kappa shape index (κ2) is 10.2. The monoisotopic (exact) mass is 550 g/mol. The van der Waals surface area contributed by atoms with Crippen LogP contribution < -0.4 is 5.73 Å². The Balaban J connectivity index is 1.50. The largest absolute Gasteiger partial charge is 0.508 e. The van der Waals surface area contributed by atoms with Crippen molar-refractivity contribution < 1.29 is 39.2 Å². The van der Waals surface area contributed by atoms with Gasteiger partial charge in [-0.25, -0.2) is 4.39 Å². The van der Waals surface area contributed by atoms with Crippen molar-refractivity contribution in [2.75, 3.05) is 13.1 Å². The number of halogens is 1. The molecule has 2 aromatic rings. The summed E-state index contributed by atoms with van der Waals surface area (Å²) in [4.78, 5) is 39.8. The number of hydrogen-bond acceptors (Lipinski definition) is 8. The molecule has 3 aliphatic rings. The number of phenols is 1. The number of ketones is 2. The highest BCUT2D eigenvalue weighted by Crippen LogP contribution is 2.52. The van der Waals surface area contributed by atoms with Gasteiger partial charge in [0.25, 0.3) is 5.91 Å². The Kier molecular flexibility index (Phi) is 7.01. The number of benzene rings is 2. The first-order chi connectivity index (χ1) is 19.0. The quantitative estimate of drug-likeness (QED) is 0.329. The normalized spacial score (nSPS) is 24.2. The van der Waals surface area contributed by atoms with E-state index < -0.39 is 70.0 Å². The van der Waals surface area contributed by atoms with Crippen molar-refractivity contribution in [3.63, 3.8) is 0 Å². The van der Waals surface area contributed by atoms with Gasteiger partial charge < -0.3 is 26.2 Å². The lowest BCUT2D eigenvalue weighted by Gasteiger charge is -2.46. The summed E-state index contributed by atoms with van der Waals surface area (Å²) in [6.45, 7) is 3.45. The van der Waals surface area contributed by atoms with E-state index in [2.05, 4.69) is 0 Å². The number of nitrogens with zero attached hydrogens (tertiary/aromatic N) is 1. The number of likely N-dealkylation sites (N-methyl/N-ethyl adjacent to an activating group) is 1. The van der Waals surface area contributed by atoms with Crippen LogP contribution in [0.4, 0.5) is 4.39 Å². The fourth-order valence-corrected chi connectivity index (χ4v) is 6.36. The van der Waals surface area contributed by atoms with Gasteiger partial charge in [-0.05, 0) is 43.4 Å². The van der Waals surface area contributed by atoms with E-state index in [1.165, 1.54) is 6.07 Å². The number of primary amides is 1. The number of aliphatic hydroxyl groups excluding tert-OH is 2. The minimum atomic E-state index is -2.65. The third-order valence-corrected chi connectivity index (χ3v) is 8.47. The van der Waals surface area contributed by atoms with Gasteiger partial charge in [-0.1, -0.05) is 37.3 Å². The summed E-state index contributed by atoms with van der Waals surface area (Å²) < 4.78 is 15.9. The molecule has 0 aliphatic heterocycles. The van der Waals surface area contributed by atoms with Crippen LogP contribution in [0.5, 0.6) is 5.75 Å². The highest BCUT2D eigenvalue weighted by atomic mass is 19.1. The number of phenolic OH excluding ortho intramolecular Hbond substituents is 1. The molecule has 1 saturated carbocycles. The first kappa shape index (κ1) is 27.5. The molecule has 40 heavy (non-hydrogen) atoms. The van der Waals surface area contributed by atoms with E-state index >= 15 is 4.39 Å². The summed E-state index contributed by atoms with van der Waals surface area (Å²) in [5, 5.41) is 43.9. The van der Waals surface area contributed by atoms with Gasteiger partial charge in [0.2, 0.25) is 5.78 Å². The molecule has 1 unspecified atom stereocenters. The van der Waals surface area contributed by atoms with E-state index in [1.807, 2.05) is 42.2 Å². The van der Waals surface area contributed by atoms with Gasteiger partial charge in [-0.15, -0.1) is 0 Å². The number of carbonyl (C=O) groups is 3. The first-order valence-electron chi connectivity index (χ1n) is 13.3. The van der Waals surface area contributed by atoms with Crippen molar-refractivity contribution in [3.05, 3.63) is 81.4 Å². The van der Waals surface area contributed by atoms with Crippen LogP contribution in [0.2, 0.25) is 0 Å². The van der Waals surface area contributed by atoms with Crippen LogP contribution in [-0.2, 0) is 33.8 Å². The maximum absolute atomic E-state index is 15.9. The van der Waals surface area contributed by atoms with Gasteiger partial charge in [0.05, 0.1) is 5.56 Å². The summed E-state index contributed by atoms with van der Waals surface area (Å²) >= 11 is 0. The number of amides is 1. The summed E-state index contributed by atoms with van der Waals surface area (Å²) in [5.41, 5.74) is 2.57. The molecule has 2 aromatic carbocycles. The zero-order chi connectivity index (χ0) is 28.9. The second-order valence-corrected chi connectivity index (χ2v) is 10.7. The first-order valence-corrected chi connectivity index (χ1v) is 13.3. The lowest BCUT2D eigenvalue weighted by atomic mass is 9.59. The van der Waals surface area contributed by atoms with Gasteiger partial charge in [0.1, 0.15) is 28.7 Å². The van der Waals surface area contributed by atoms with E-state index in [9.17, 15) is 34.8 Å². The maximum Gasteiger partial charge on any atom is 0.255 e. The van der Waals surface area contributed by atoms with Crippen LogP contribution in [0.1, 0.15) is 42.0 Å². The Bertz CT molecular complexity index is 1480. The zero-order valence-corrected chi connectivity index (χ0v) is 22.0. The molecule has 1 amide bonds. The predicted molar refractivity (Wildman–Crippen MR) is 142 cm³/mol. The molecule has 3 atom stereocenters. The summed E-state index contributed by atoms with van der Waals surface area (Å²) in [5.74, 6) is -7.96. The van der Waals surface area contributed by atoms with Gasteiger partial charge >= 0.3 is 0 Å². The second-order valence-electron chi connectivity index (χ2n) is 10.7. The fraction of sp³-hybridized carbons (Fsp3) is 0.367. The lowest BCUT2D eigenvalue weighted by molar-refractivity contribution is -0.147. The minimum Gasteiger partial charge on any atom is -0.508 e. The molecule has 0 radical (unpaired) electrons. The smallest absolute Gasteiger partial charge is 0.255 e. The van der Waals surface area contributed by atoms with E-state index in [0.29, 0.717) is 13.1 Å². The van der Waals surface area contributed by atoms with Crippen LogP contribution in [0.3, 0.4) is 0 Å². The van der Waals surface area contributed by atoms with Crippen molar-refractivity contribution in [2.24, 2.45) is 17.6 Å². The van der Waals surface area contributed by atoms with Crippen LogP contribution >= 0.6 is 0 Å². The average molecular weight is 551 g/mol. The summed E-state index contributed by atoms with van der Waals surface area (Å²) in [6, 6.07) is 11.1. The van der Waals surface area contributed by atoms with Crippen molar-refractivity contribution in [3.8, 4) is 5.75 Å². The molecule has 0 bridgehead atoms. The van der Waals surface area contributed by atoms with Gasteiger partial charge in [0, 0.05) is 42.1 Å². The van der Waals surface area contributed by atoms with Crippen LogP contribution in [-0.4, -0.2) is 61.5 Å². The predicted octanol–water partition coefficient (Wildman–Crippen LogP) is 2.63. The third kappa shape index (κ3) is 4.28. The van der Waals surface area contributed by atoms with Crippen molar-refractivity contribution in [1.29, 1.82) is 0 Å². The highest BCUT2D eigenvalue weighted by Gasteiger charge is 2.60. The Labute approximate surface area is 230 Å². The third-order valence-electron chi connectivity index (χ3n) is 8.47. The molecule has 0 saturated heterocycles. The number of carbonyl (C=O) groups excluding carboxylic acids is 3. The molecular formula is C30H31FN2O7. The van der Waals surface area contributed by atoms with Crippen LogP contribution in [0.25, 0.3) is 5.76 Å². The SMILES string of the molecule is CCN(CCc1ccccc1)Cc1cc(O)c2c(c1F)CC1C[C@H]3CC(=O)C(C(N)=O)=C(O)[C@@]3(O)C(=O)C1=C2O. The maximum atomic E-state index is 15.9. The van der Waals surface area contributed by atoms with Crippen molar-refractivity contribution in [1.82, 2.24) is 4.90 Å². The van der Waals surface area contributed by atoms with Gasteiger partial charge in [-0.2, -0.15) is 0 Å². The van der Waals surface area contributed by atoms with Gasteiger partial charge in [0.15, 0.2) is 11.4 Å². The number of aromatic hydroxyl groups is 1. The number of hydrogen-bond donors (Lipinski definition) is 5. The number of rotatable bonds is 7. The fourth-order valence-electron chi connectivity index (χ4n) is 6.36. The molecule has 1 fully saturated rings. The standard InChI is InChI=1S/C30H31FN2O7/c1-2-33(9-8-15-6-4-3-5-7-15)14-17-12-20(34)23-19(25(17)31)11-16-10-18-13-21(35)24(29(32)39)28(38)30(18,40)27(37)22(16)26(23)36/h3-7,12,16,18,34,36,38,40H,2,8-11,13-14H2,1H3,(H2,32,39)/t16?,18-,30-/m0/s1. The molecule has 9 nitrogen and oxygen atoms in total. The Morgan fingerprint density at radius 2 is 1.85 bits per heavy atom. The molecule has 10 heteroatoms. The molecule has 6 N–H and O–H groups in total. The molecule has 0 heterocycles. The van der Waals surface area contributed by atoms with E-state index in [-0.39, 0.29) is 41.6 Å². The lowest BCUT2D eigenvalue weighted by Crippen LogP contribution is -2.58. The average Bonchev–Trinajstić information content (AvgIpc) is 2.91. The summed E-state index contributed by atoms with van der Waals surface area (Å²) in [7, 11) is 0. The number of Topliss-reactive ketones (excluding diaryl/α,β-unsaturated/α-hetero) is 2. The molecule has 0 spiro atoms. The van der Waals surface area contributed by atoms with Gasteiger partial charge in [-0.3, -0.25) is 19.3 Å². The molecule has 3 aliphatic carbocycles. The van der Waals surface area contributed by atoms with Crippen molar-refractivity contribution >= 4 is 23.2 Å². The Hall–Kier alpha value is -4.02. The molecular weight excluding hydrogens is 519 g/mol. The highest BCUT2D eigenvalue weighted by molar-refractivity contribution is 6.22. The number of nitrogens with two attached hydrogens (primary N) is 1. The molecule has 0 aromatic heterocycles. The number of fused-ring (bicyclic) bond motifs is 3.